The molecule has 19 heavy (non-hydrogen) atoms. The molecule has 1 N–H and O–H groups in total. The summed E-state index contributed by atoms with van der Waals surface area (Å²) >= 11 is 0. The van der Waals surface area contributed by atoms with E-state index in [4.69, 9.17) is 9.84 Å². The van der Waals surface area contributed by atoms with Crippen LogP contribution >= 0.6 is 0 Å². The number of rotatable bonds is 6. The van der Waals surface area contributed by atoms with Crippen molar-refractivity contribution in [3.63, 3.8) is 0 Å². The van der Waals surface area contributed by atoms with Crippen LogP contribution in [0.1, 0.15) is 12.0 Å². The molecule has 0 saturated carbocycles. The van der Waals surface area contributed by atoms with Crippen molar-refractivity contribution in [3.8, 4) is 5.75 Å². The van der Waals surface area contributed by atoms with Crippen molar-refractivity contribution in [2.45, 2.75) is 18.2 Å². The van der Waals surface area contributed by atoms with Gasteiger partial charge in [-0.25, -0.2) is 12.7 Å². The number of carboxylic acid groups (broad SMARTS) is 1. The highest BCUT2D eigenvalue weighted by molar-refractivity contribution is 7.89. The molecule has 0 unspecified atom stereocenters. The molecule has 0 spiro atoms. The number of aliphatic carboxylic acids is 1. The third-order valence-electron chi connectivity index (χ3n) is 2.65. The Morgan fingerprint density at radius 3 is 2.58 bits per heavy atom. The minimum absolute atomic E-state index is 0.0443. The van der Waals surface area contributed by atoms with Crippen molar-refractivity contribution in [1.29, 1.82) is 0 Å². The summed E-state index contributed by atoms with van der Waals surface area (Å²) in [5.41, 5.74) is 0.783. The van der Waals surface area contributed by atoms with E-state index in [9.17, 15) is 13.2 Å². The standard InChI is InChI=1S/C12H17NO5S/c1-9-4-5-10(18-3)11(8-9)19(16,17)13(2)7-6-12(14)15/h4-5,8H,6-7H2,1-3H3,(H,14,15). The van der Waals surface area contributed by atoms with Crippen molar-refractivity contribution in [1.82, 2.24) is 4.31 Å². The maximum atomic E-state index is 12.3. The van der Waals surface area contributed by atoms with Crippen LogP contribution in [0.3, 0.4) is 0 Å². The fraction of sp³-hybridized carbons (Fsp3) is 0.417. The maximum Gasteiger partial charge on any atom is 0.304 e. The Morgan fingerprint density at radius 1 is 1.42 bits per heavy atom. The van der Waals surface area contributed by atoms with Crippen molar-refractivity contribution < 1.29 is 23.1 Å². The number of hydrogen-bond acceptors (Lipinski definition) is 4. The molecule has 0 amide bonds. The van der Waals surface area contributed by atoms with Crippen molar-refractivity contribution >= 4 is 16.0 Å². The highest BCUT2D eigenvalue weighted by Gasteiger charge is 2.25. The molecule has 106 valence electrons. The Balaban J connectivity index is 3.12. The van der Waals surface area contributed by atoms with Crippen molar-refractivity contribution in [2.24, 2.45) is 0 Å². The average molecular weight is 287 g/mol. The van der Waals surface area contributed by atoms with Crippen LogP contribution in [0.4, 0.5) is 0 Å². The predicted molar refractivity (Wildman–Crippen MR) is 69.8 cm³/mol. The second kappa shape index (κ2) is 6.03. The lowest BCUT2D eigenvalue weighted by Crippen LogP contribution is -2.29. The third-order valence-corrected chi connectivity index (χ3v) is 4.53. The molecule has 0 aliphatic carbocycles. The van der Waals surface area contributed by atoms with Gasteiger partial charge >= 0.3 is 5.97 Å². The zero-order chi connectivity index (χ0) is 14.6. The molecule has 6 nitrogen and oxygen atoms in total. The van der Waals surface area contributed by atoms with E-state index in [0.717, 1.165) is 9.87 Å². The minimum atomic E-state index is -3.75. The Kier molecular flexibility index (Phi) is 4.90. The molecular weight excluding hydrogens is 270 g/mol. The zero-order valence-corrected chi connectivity index (χ0v) is 11.9. The molecule has 0 atom stereocenters. The number of carbonyl (C=O) groups is 1. The van der Waals surface area contributed by atoms with Crippen LogP contribution < -0.4 is 4.74 Å². The summed E-state index contributed by atoms with van der Waals surface area (Å²) in [4.78, 5) is 10.5. The van der Waals surface area contributed by atoms with E-state index in [0.29, 0.717) is 0 Å². The minimum Gasteiger partial charge on any atom is -0.495 e. The highest BCUT2D eigenvalue weighted by atomic mass is 32.2. The Labute approximate surface area is 112 Å². The number of aryl methyl sites for hydroxylation is 1. The van der Waals surface area contributed by atoms with Gasteiger partial charge in [0.2, 0.25) is 10.0 Å². The lowest BCUT2D eigenvalue weighted by Gasteiger charge is -2.18. The van der Waals surface area contributed by atoms with E-state index in [1.54, 1.807) is 19.1 Å². The molecule has 1 rings (SSSR count). The van der Waals surface area contributed by atoms with Gasteiger partial charge in [-0.1, -0.05) is 6.07 Å². The summed E-state index contributed by atoms with van der Waals surface area (Å²) in [6.45, 7) is 1.68. The smallest absolute Gasteiger partial charge is 0.304 e. The summed E-state index contributed by atoms with van der Waals surface area (Å²) < 4.78 is 30.7. The normalized spacial score (nSPS) is 11.6. The lowest BCUT2D eigenvalue weighted by molar-refractivity contribution is -0.137. The Bertz CT molecular complexity index is 567. The monoisotopic (exact) mass is 287 g/mol. The first-order valence-electron chi connectivity index (χ1n) is 5.62. The molecule has 0 fully saturated rings. The van der Waals surface area contributed by atoms with Gasteiger partial charge in [0.15, 0.2) is 0 Å². The van der Waals surface area contributed by atoms with Crippen LogP contribution in [0.2, 0.25) is 0 Å². The first-order valence-corrected chi connectivity index (χ1v) is 7.06. The van der Waals surface area contributed by atoms with Gasteiger partial charge in [0.05, 0.1) is 13.5 Å². The van der Waals surface area contributed by atoms with Crippen LogP contribution in [-0.2, 0) is 14.8 Å². The van der Waals surface area contributed by atoms with E-state index < -0.39 is 16.0 Å². The number of ether oxygens (including phenoxy) is 1. The van der Waals surface area contributed by atoms with Gasteiger partial charge in [-0.15, -0.1) is 0 Å². The van der Waals surface area contributed by atoms with E-state index in [1.807, 2.05) is 0 Å². The summed E-state index contributed by atoms with van der Waals surface area (Å²) in [7, 11) is -1.02. The van der Waals surface area contributed by atoms with Gasteiger partial charge in [0.1, 0.15) is 10.6 Å². The number of benzene rings is 1. The molecule has 0 saturated heterocycles. The number of hydrogen-bond donors (Lipinski definition) is 1. The SMILES string of the molecule is COc1ccc(C)cc1S(=O)(=O)N(C)CCC(=O)O. The van der Waals surface area contributed by atoms with Gasteiger partial charge in [0.25, 0.3) is 0 Å². The van der Waals surface area contributed by atoms with E-state index >= 15 is 0 Å². The van der Waals surface area contributed by atoms with Gasteiger partial charge in [-0.3, -0.25) is 4.79 Å². The number of carboxylic acids is 1. The molecule has 0 aliphatic rings. The van der Waals surface area contributed by atoms with Gasteiger partial charge in [0, 0.05) is 13.6 Å². The van der Waals surface area contributed by atoms with Crippen LogP contribution in [-0.4, -0.2) is 44.5 Å². The Morgan fingerprint density at radius 2 is 2.05 bits per heavy atom. The summed E-state index contributed by atoms with van der Waals surface area (Å²) in [5, 5.41) is 8.60. The number of sulfonamides is 1. The second-order valence-corrected chi connectivity index (χ2v) is 6.14. The molecule has 0 heterocycles. The molecule has 0 aliphatic heterocycles. The molecule has 0 aromatic heterocycles. The summed E-state index contributed by atoms with van der Waals surface area (Å²) in [5.74, 6) is -0.800. The quantitative estimate of drug-likeness (QED) is 0.847. The highest BCUT2D eigenvalue weighted by Crippen LogP contribution is 2.27. The summed E-state index contributed by atoms with van der Waals surface area (Å²) in [6.07, 6.45) is -0.246. The topological polar surface area (TPSA) is 83.9 Å². The molecule has 0 radical (unpaired) electrons. The fourth-order valence-corrected chi connectivity index (χ4v) is 2.93. The first kappa shape index (κ1) is 15.5. The largest absolute Gasteiger partial charge is 0.495 e. The third kappa shape index (κ3) is 3.68. The molecule has 1 aromatic carbocycles. The number of methoxy groups -OCH3 is 1. The van der Waals surface area contributed by atoms with Gasteiger partial charge in [-0.05, 0) is 24.6 Å². The van der Waals surface area contributed by atoms with Crippen LogP contribution in [0.25, 0.3) is 0 Å². The van der Waals surface area contributed by atoms with Crippen molar-refractivity contribution in [3.05, 3.63) is 23.8 Å². The second-order valence-electron chi connectivity index (χ2n) is 4.12. The van der Waals surface area contributed by atoms with Gasteiger partial charge < -0.3 is 9.84 Å². The maximum absolute atomic E-state index is 12.3. The predicted octanol–water partition coefficient (Wildman–Crippen LogP) is 1.10. The average Bonchev–Trinajstić information content (AvgIpc) is 2.35. The van der Waals surface area contributed by atoms with Gasteiger partial charge in [-0.2, -0.15) is 0 Å². The zero-order valence-electron chi connectivity index (χ0n) is 11.1. The van der Waals surface area contributed by atoms with E-state index in [2.05, 4.69) is 0 Å². The van der Waals surface area contributed by atoms with Crippen LogP contribution in [0.5, 0.6) is 5.75 Å². The lowest BCUT2D eigenvalue weighted by atomic mass is 10.2. The van der Waals surface area contributed by atoms with Crippen LogP contribution in [0, 0.1) is 6.92 Å². The van der Waals surface area contributed by atoms with E-state index in [-0.39, 0.29) is 23.6 Å². The summed E-state index contributed by atoms with van der Waals surface area (Å²) in [6, 6.07) is 4.83. The first-order chi connectivity index (χ1) is 8.78. The molecule has 1 aromatic rings. The Hall–Kier alpha value is -1.60. The fourth-order valence-electron chi connectivity index (χ4n) is 1.53. The van der Waals surface area contributed by atoms with Crippen molar-refractivity contribution in [2.75, 3.05) is 20.7 Å². The van der Waals surface area contributed by atoms with E-state index in [1.165, 1.54) is 20.2 Å². The molecule has 7 heteroatoms. The number of nitrogens with zero attached hydrogens (tertiary/aromatic N) is 1. The molecule has 0 bridgehead atoms. The van der Waals surface area contributed by atoms with Crippen LogP contribution in [0.15, 0.2) is 23.1 Å². The molecular formula is C12H17NO5S.